The van der Waals surface area contributed by atoms with Gasteiger partial charge in [0.1, 0.15) is 0 Å². The maximum Gasteiger partial charge on any atom is 0.307 e. The van der Waals surface area contributed by atoms with Crippen molar-refractivity contribution < 1.29 is 19.8 Å². The van der Waals surface area contributed by atoms with Crippen LogP contribution < -0.4 is 0 Å². The Hall–Kier alpha value is -1.10. The summed E-state index contributed by atoms with van der Waals surface area (Å²) in [5.41, 5.74) is -0.453. The van der Waals surface area contributed by atoms with Crippen LogP contribution in [0, 0.1) is 17.3 Å². The van der Waals surface area contributed by atoms with E-state index < -0.39 is 23.2 Å². The zero-order valence-electron chi connectivity index (χ0n) is 10.2. The first-order chi connectivity index (χ1) is 7.91. The molecule has 5 heteroatoms. The summed E-state index contributed by atoms with van der Waals surface area (Å²) in [4.78, 5) is 25.0. The van der Waals surface area contributed by atoms with Crippen LogP contribution in [0.3, 0.4) is 0 Å². The zero-order chi connectivity index (χ0) is 12.8. The average molecular weight is 241 g/mol. The van der Waals surface area contributed by atoms with E-state index in [1.165, 1.54) is 0 Å². The van der Waals surface area contributed by atoms with E-state index in [1.54, 1.807) is 4.90 Å². The molecule has 17 heavy (non-hydrogen) atoms. The van der Waals surface area contributed by atoms with Crippen LogP contribution in [0.2, 0.25) is 0 Å². The monoisotopic (exact) mass is 241 g/mol. The van der Waals surface area contributed by atoms with Gasteiger partial charge >= 0.3 is 5.97 Å². The fourth-order valence-electron chi connectivity index (χ4n) is 3.05. The average Bonchev–Trinajstić information content (AvgIpc) is 2.63. The summed E-state index contributed by atoms with van der Waals surface area (Å²) in [6, 6.07) is -0.117. The minimum absolute atomic E-state index is 0.0311. The smallest absolute Gasteiger partial charge is 0.307 e. The van der Waals surface area contributed by atoms with Crippen LogP contribution in [0.1, 0.15) is 26.7 Å². The Morgan fingerprint density at radius 1 is 1.35 bits per heavy atom. The Kier molecular flexibility index (Phi) is 2.89. The van der Waals surface area contributed by atoms with Gasteiger partial charge in [0, 0.05) is 6.54 Å². The fourth-order valence-corrected chi connectivity index (χ4v) is 3.05. The topological polar surface area (TPSA) is 77.8 Å². The van der Waals surface area contributed by atoms with E-state index in [0.29, 0.717) is 6.54 Å². The van der Waals surface area contributed by atoms with Gasteiger partial charge in [0.2, 0.25) is 5.91 Å². The molecule has 1 saturated heterocycles. The van der Waals surface area contributed by atoms with Crippen molar-refractivity contribution in [2.75, 3.05) is 13.2 Å². The molecule has 0 aromatic heterocycles. The molecule has 1 aliphatic carbocycles. The van der Waals surface area contributed by atoms with Crippen LogP contribution in [0.5, 0.6) is 0 Å². The number of carbonyl (C=O) groups is 2. The molecule has 1 heterocycles. The minimum Gasteiger partial charge on any atom is -0.481 e. The highest BCUT2D eigenvalue weighted by Gasteiger charge is 2.67. The Labute approximate surface area is 100 Å². The van der Waals surface area contributed by atoms with Gasteiger partial charge < -0.3 is 15.1 Å². The van der Waals surface area contributed by atoms with Crippen molar-refractivity contribution >= 4 is 11.9 Å². The highest BCUT2D eigenvalue weighted by atomic mass is 16.4. The van der Waals surface area contributed by atoms with Gasteiger partial charge in [-0.15, -0.1) is 0 Å². The summed E-state index contributed by atoms with van der Waals surface area (Å²) < 4.78 is 0. The molecule has 1 aliphatic heterocycles. The Morgan fingerprint density at radius 2 is 2.00 bits per heavy atom. The van der Waals surface area contributed by atoms with Crippen LogP contribution >= 0.6 is 0 Å². The molecule has 0 aromatic rings. The number of carboxylic acids is 1. The molecule has 96 valence electrons. The van der Waals surface area contributed by atoms with E-state index in [2.05, 4.69) is 0 Å². The highest BCUT2D eigenvalue weighted by Crippen LogP contribution is 2.59. The molecule has 3 atom stereocenters. The molecule has 0 spiro atoms. The molecule has 5 nitrogen and oxygen atoms in total. The van der Waals surface area contributed by atoms with Crippen molar-refractivity contribution in [1.29, 1.82) is 0 Å². The predicted molar refractivity (Wildman–Crippen MR) is 60.2 cm³/mol. The number of amides is 1. The van der Waals surface area contributed by atoms with E-state index in [9.17, 15) is 14.7 Å². The summed E-state index contributed by atoms with van der Waals surface area (Å²) >= 11 is 0. The van der Waals surface area contributed by atoms with E-state index >= 15 is 0 Å². The number of carboxylic acid groups (broad SMARTS) is 1. The number of likely N-dealkylation sites (tertiary alicyclic amines) is 1. The van der Waals surface area contributed by atoms with Crippen molar-refractivity contribution in [1.82, 2.24) is 4.90 Å². The molecule has 1 saturated carbocycles. The first kappa shape index (κ1) is 12.4. The summed E-state index contributed by atoms with van der Waals surface area (Å²) in [5, 5.41) is 18.2. The SMILES string of the molecule is CC1(C)[C@H](C(=O)O)[C@@H]1C(=O)N1CCCC1CO. The first-order valence-corrected chi connectivity index (χ1v) is 6.05. The normalized spacial score (nSPS) is 34.8. The van der Waals surface area contributed by atoms with Crippen LogP contribution in [-0.2, 0) is 9.59 Å². The zero-order valence-corrected chi connectivity index (χ0v) is 10.2. The lowest BCUT2D eigenvalue weighted by molar-refractivity contribution is -0.142. The molecule has 2 aliphatic rings. The summed E-state index contributed by atoms with van der Waals surface area (Å²) in [5.74, 6) is -1.99. The minimum atomic E-state index is -0.895. The summed E-state index contributed by atoms with van der Waals surface area (Å²) in [6.07, 6.45) is 1.70. The molecular weight excluding hydrogens is 222 g/mol. The summed E-state index contributed by atoms with van der Waals surface area (Å²) in [7, 11) is 0. The second-order valence-electron chi connectivity index (χ2n) is 5.63. The van der Waals surface area contributed by atoms with Crippen LogP contribution in [0.25, 0.3) is 0 Å². The van der Waals surface area contributed by atoms with Crippen molar-refractivity contribution in [3.63, 3.8) is 0 Å². The molecule has 0 aromatic carbocycles. The lowest BCUT2D eigenvalue weighted by Crippen LogP contribution is -2.39. The highest BCUT2D eigenvalue weighted by molar-refractivity contribution is 5.92. The molecule has 2 rings (SSSR count). The van der Waals surface area contributed by atoms with Crippen molar-refractivity contribution in [3.8, 4) is 0 Å². The molecule has 0 radical (unpaired) electrons. The number of hydrogen-bond acceptors (Lipinski definition) is 3. The van der Waals surface area contributed by atoms with Gasteiger partial charge in [-0.3, -0.25) is 9.59 Å². The Balaban J connectivity index is 2.09. The van der Waals surface area contributed by atoms with Gasteiger partial charge in [0.05, 0.1) is 24.5 Å². The van der Waals surface area contributed by atoms with Gasteiger partial charge in [-0.05, 0) is 18.3 Å². The van der Waals surface area contributed by atoms with E-state index in [4.69, 9.17) is 5.11 Å². The maximum atomic E-state index is 12.3. The standard InChI is InChI=1S/C12H19NO4/c1-12(2)8(9(12)11(16)17)10(15)13-5-3-4-7(13)6-14/h7-9,14H,3-6H2,1-2H3,(H,16,17)/t7?,8-,9+/m1/s1. The Bertz CT molecular complexity index is 352. The Morgan fingerprint density at radius 3 is 2.47 bits per heavy atom. The molecule has 2 N–H and O–H groups in total. The lowest BCUT2D eigenvalue weighted by Gasteiger charge is -2.23. The van der Waals surface area contributed by atoms with Gasteiger partial charge in [-0.2, -0.15) is 0 Å². The predicted octanol–water partition coefficient (Wildman–Crippen LogP) is 0.326. The fraction of sp³-hybridized carbons (Fsp3) is 0.833. The second-order valence-corrected chi connectivity index (χ2v) is 5.63. The molecule has 0 bridgehead atoms. The van der Waals surface area contributed by atoms with Gasteiger partial charge in [-0.25, -0.2) is 0 Å². The van der Waals surface area contributed by atoms with Gasteiger partial charge in [-0.1, -0.05) is 13.8 Å². The number of aliphatic hydroxyl groups excluding tert-OH is 1. The van der Waals surface area contributed by atoms with Gasteiger partial charge in [0.15, 0.2) is 0 Å². The van der Waals surface area contributed by atoms with Gasteiger partial charge in [0.25, 0.3) is 0 Å². The van der Waals surface area contributed by atoms with E-state index in [-0.39, 0.29) is 18.6 Å². The number of rotatable bonds is 3. The molecular formula is C12H19NO4. The first-order valence-electron chi connectivity index (χ1n) is 6.05. The summed E-state index contributed by atoms with van der Waals surface area (Å²) in [6.45, 7) is 4.25. The molecule has 2 fully saturated rings. The third kappa shape index (κ3) is 1.82. The number of aliphatic hydroxyl groups is 1. The van der Waals surface area contributed by atoms with Crippen LogP contribution in [0.4, 0.5) is 0 Å². The van der Waals surface area contributed by atoms with Crippen molar-refractivity contribution in [2.45, 2.75) is 32.7 Å². The molecule has 1 amide bonds. The number of hydrogen-bond donors (Lipinski definition) is 2. The van der Waals surface area contributed by atoms with Crippen molar-refractivity contribution in [2.24, 2.45) is 17.3 Å². The maximum absolute atomic E-state index is 12.3. The quantitative estimate of drug-likeness (QED) is 0.746. The van der Waals surface area contributed by atoms with Crippen LogP contribution in [0.15, 0.2) is 0 Å². The van der Waals surface area contributed by atoms with E-state index in [0.717, 1.165) is 12.8 Å². The largest absolute Gasteiger partial charge is 0.481 e. The third-order valence-electron chi connectivity index (χ3n) is 4.23. The number of nitrogens with zero attached hydrogens (tertiary/aromatic N) is 1. The van der Waals surface area contributed by atoms with Crippen LogP contribution in [-0.4, -0.2) is 46.2 Å². The second kappa shape index (κ2) is 3.98. The lowest BCUT2D eigenvalue weighted by atomic mass is 10.1. The van der Waals surface area contributed by atoms with E-state index in [1.807, 2.05) is 13.8 Å². The third-order valence-corrected chi connectivity index (χ3v) is 4.23. The number of aliphatic carboxylic acids is 1. The molecule has 1 unspecified atom stereocenters. The van der Waals surface area contributed by atoms with Crippen molar-refractivity contribution in [3.05, 3.63) is 0 Å². The number of carbonyl (C=O) groups excluding carboxylic acids is 1.